The van der Waals surface area contributed by atoms with Crippen molar-refractivity contribution in [3.8, 4) is 0 Å². The van der Waals surface area contributed by atoms with Gasteiger partial charge in [0.05, 0.1) is 6.10 Å². The van der Waals surface area contributed by atoms with Gasteiger partial charge in [-0.05, 0) is 25.0 Å². The molecule has 1 atom stereocenters. The Bertz CT molecular complexity index is 314. The standard InChI is InChI=1S/C11H16N2O/c1-9-10(3-2-5-12-9)7-13-6-4-11(14)8-13/h2-3,5,11,14H,4,6-8H2,1H3/t11-/m0/s1. The lowest BCUT2D eigenvalue weighted by atomic mass is 10.2. The van der Waals surface area contributed by atoms with E-state index in [2.05, 4.69) is 16.0 Å². The molecule has 1 N–H and O–H groups in total. The van der Waals surface area contributed by atoms with Crippen molar-refractivity contribution >= 4 is 0 Å². The van der Waals surface area contributed by atoms with Crippen LogP contribution in [0.2, 0.25) is 0 Å². The maximum absolute atomic E-state index is 9.39. The molecule has 0 aliphatic carbocycles. The number of nitrogens with zero attached hydrogens (tertiary/aromatic N) is 2. The minimum Gasteiger partial charge on any atom is -0.392 e. The average Bonchev–Trinajstić information content (AvgIpc) is 2.56. The Labute approximate surface area is 84.4 Å². The first-order valence-electron chi connectivity index (χ1n) is 5.06. The predicted octanol–water partition coefficient (Wildman–Crippen LogP) is 0.957. The molecule has 1 aliphatic heterocycles. The summed E-state index contributed by atoms with van der Waals surface area (Å²) in [5.41, 5.74) is 2.36. The number of aryl methyl sites for hydroxylation is 1. The summed E-state index contributed by atoms with van der Waals surface area (Å²) in [7, 11) is 0. The third kappa shape index (κ3) is 2.11. The van der Waals surface area contributed by atoms with Gasteiger partial charge in [-0.2, -0.15) is 0 Å². The van der Waals surface area contributed by atoms with Gasteiger partial charge in [-0.15, -0.1) is 0 Å². The number of hydrogen-bond donors (Lipinski definition) is 1. The maximum atomic E-state index is 9.39. The number of aromatic nitrogens is 1. The first kappa shape index (κ1) is 9.62. The molecule has 0 radical (unpaired) electrons. The molecule has 0 unspecified atom stereocenters. The smallest absolute Gasteiger partial charge is 0.0679 e. The zero-order chi connectivity index (χ0) is 9.97. The van der Waals surface area contributed by atoms with Crippen molar-refractivity contribution in [1.82, 2.24) is 9.88 Å². The minimum absolute atomic E-state index is 0.132. The Kier molecular flexibility index (Phi) is 2.79. The van der Waals surface area contributed by atoms with E-state index in [1.54, 1.807) is 0 Å². The van der Waals surface area contributed by atoms with Gasteiger partial charge in [0.25, 0.3) is 0 Å². The SMILES string of the molecule is Cc1ncccc1CN1CC[C@H](O)C1. The quantitative estimate of drug-likeness (QED) is 0.758. The molecule has 14 heavy (non-hydrogen) atoms. The second kappa shape index (κ2) is 4.07. The third-order valence-electron chi connectivity index (χ3n) is 2.76. The van der Waals surface area contributed by atoms with Crippen molar-refractivity contribution in [2.75, 3.05) is 13.1 Å². The van der Waals surface area contributed by atoms with Gasteiger partial charge in [-0.1, -0.05) is 6.07 Å². The molecule has 1 aromatic heterocycles. The van der Waals surface area contributed by atoms with Gasteiger partial charge < -0.3 is 5.11 Å². The number of β-amino-alcohol motifs (C(OH)–C–C–N with tert-alkyl or cyclic N) is 1. The van der Waals surface area contributed by atoms with Gasteiger partial charge in [0.2, 0.25) is 0 Å². The summed E-state index contributed by atoms with van der Waals surface area (Å²) in [6.45, 7) is 4.74. The van der Waals surface area contributed by atoms with E-state index in [0.29, 0.717) is 0 Å². The molecule has 3 nitrogen and oxygen atoms in total. The molecule has 1 saturated heterocycles. The fourth-order valence-electron chi connectivity index (χ4n) is 1.88. The molecular formula is C11H16N2O. The zero-order valence-corrected chi connectivity index (χ0v) is 8.48. The maximum Gasteiger partial charge on any atom is 0.0679 e. The number of likely N-dealkylation sites (tertiary alicyclic amines) is 1. The monoisotopic (exact) mass is 192 g/mol. The minimum atomic E-state index is -0.132. The lowest BCUT2D eigenvalue weighted by Crippen LogP contribution is -2.22. The summed E-state index contributed by atoms with van der Waals surface area (Å²) in [5.74, 6) is 0. The van der Waals surface area contributed by atoms with Crippen LogP contribution in [0.4, 0.5) is 0 Å². The van der Waals surface area contributed by atoms with Gasteiger partial charge in [0.1, 0.15) is 0 Å². The van der Waals surface area contributed by atoms with Crippen LogP contribution in [0, 0.1) is 6.92 Å². The summed E-state index contributed by atoms with van der Waals surface area (Å²) in [6, 6.07) is 4.07. The van der Waals surface area contributed by atoms with Gasteiger partial charge in [-0.25, -0.2) is 0 Å². The molecule has 2 rings (SSSR count). The highest BCUT2D eigenvalue weighted by molar-refractivity contribution is 5.18. The lowest BCUT2D eigenvalue weighted by molar-refractivity contribution is 0.174. The molecular weight excluding hydrogens is 176 g/mol. The van der Waals surface area contributed by atoms with E-state index in [1.807, 2.05) is 19.2 Å². The molecule has 1 aromatic rings. The fraction of sp³-hybridized carbons (Fsp3) is 0.545. The molecule has 76 valence electrons. The Morgan fingerprint density at radius 2 is 2.50 bits per heavy atom. The highest BCUT2D eigenvalue weighted by Gasteiger charge is 2.20. The van der Waals surface area contributed by atoms with Crippen LogP contribution in [0.5, 0.6) is 0 Å². The first-order valence-corrected chi connectivity index (χ1v) is 5.06. The Morgan fingerprint density at radius 1 is 1.64 bits per heavy atom. The van der Waals surface area contributed by atoms with Crippen LogP contribution in [-0.2, 0) is 6.54 Å². The van der Waals surface area contributed by atoms with E-state index < -0.39 is 0 Å². The van der Waals surface area contributed by atoms with Crippen LogP contribution in [0.15, 0.2) is 18.3 Å². The summed E-state index contributed by atoms with van der Waals surface area (Å²) in [5, 5.41) is 9.39. The number of aliphatic hydroxyl groups is 1. The molecule has 1 fully saturated rings. The van der Waals surface area contributed by atoms with Crippen molar-refractivity contribution in [2.45, 2.75) is 26.0 Å². The zero-order valence-electron chi connectivity index (χ0n) is 8.48. The summed E-state index contributed by atoms with van der Waals surface area (Å²) >= 11 is 0. The van der Waals surface area contributed by atoms with Gasteiger partial charge >= 0.3 is 0 Å². The normalized spacial score (nSPS) is 22.9. The van der Waals surface area contributed by atoms with Crippen LogP contribution in [-0.4, -0.2) is 34.2 Å². The average molecular weight is 192 g/mol. The predicted molar refractivity (Wildman–Crippen MR) is 54.9 cm³/mol. The van der Waals surface area contributed by atoms with Crippen molar-refractivity contribution < 1.29 is 5.11 Å². The highest BCUT2D eigenvalue weighted by atomic mass is 16.3. The summed E-state index contributed by atoms with van der Waals surface area (Å²) in [4.78, 5) is 6.52. The number of pyridine rings is 1. The van der Waals surface area contributed by atoms with Crippen molar-refractivity contribution in [1.29, 1.82) is 0 Å². The van der Waals surface area contributed by atoms with E-state index >= 15 is 0 Å². The van der Waals surface area contributed by atoms with Crippen LogP contribution in [0.3, 0.4) is 0 Å². The third-order valence-corrected chi connectivity index (χ3v) is 2.76. The summed E-state index contributed by atoms with van der Waals surface area (Å²) < 4.78 is 0. The molecule has 2 heterocycles. The van der Waals surface area contributed by atoms with E-state index in [0.717, 1.165) is 31.7 Å². The van der Waals surface area contributed by atoms with Crippen LogP contribution in [0.1, 0.15) is 17.7 Å². The molecule has 0 spiro atoms. The number of hydrogen-bond acceptors (Lipinski definition) is 3. The van der Waals surface area contributed by atoms with Gasteiger partial charge in [-0.3, -0.25) is 9.88 Å². The van der Waals surface area contributed by atoms with Crippen LogP contribution in [0.25, 0.3) is 0 Å². The second-order valence-electron chi connectivity index (χ2n) is 3.93. The lowest BCUT2D eigenvalue weighted by Gasteiger charge is -2.15. The largest absolute Gasteiger partial charge is 0.392 e. The molecule has 0 bridgehead atoms. The summed E-state index contributed by atoms with van der Waals surface area (Å²) in [6.07, 6.45) is 2.59. The van der Waals surface area contributed by atoms with E-state index in [4.69, 9.17) is 0 Å². The Morgan fingerprint density at radius 3 is 3.14 bits per heavy atom. The topological polar surface area (TPSA) is 36.4 Å². The molecule has 1 aliphatic rings. The first-order chi connectivity index (χ1) is 6.75. The van der Waals surface area contributed by atoms with E-state index in [9.17, 15) is 5.11 Å². The molecule has 0 saturated carbocycles. The van der Waals surface area contributed by atoms with Crippen LogP contribution >= 0.6 is 0 Å². The van der Waals surface area contributed by atoms with E-state index in [1.165, 1.54) is 5.56 Å². The Balaban J connectivity index is 2.01. The van der Waals surface area contributed by atoms with Gasteiger partial charge in [0, 0.05) is 31.5 Å². The molecule has 0 aromatic carbocycles. The number of aliphatic hydroxyl groups excluding tert-OH is 1. The van der Waals surface area contributed by atoms with Crippen molar-refractivity contribution in [3.63, 3.8) is 0 Å². The Hall–Kier alpha value is -0.930. The van der Waals surface area contributed by atoms with E-state index in [-0.39, 0.29) is 6.10 Å². The van der Waals surface area contributed by atoms with Crippen LogP contribution < -0.4 is 0 Å². The number of rotatable bonds is 2. The van der Waals surface area contributed by atoms with Crippen molar-refractivity contribution in [2.24, 2.45) is 0 Å². The molecule has 3 heteroatoms. The van der Waals surface area contributed by atoms with Gasteiger partial charge in [0.15, 0.2) is 0 Å². The highest BCUT2D eigenvalue weighted by Crippen LogP contribution is 2.14. The van der Waals surface area contributed by atoms with Crippen molar-refractivity contribution in [3.05, 3.63) is 29.6 Å². The molecule has 0 amide bonds. The second-order valence-corrected chi connectivity index (χ2v) is 3.93. The fourth-order valence-corrected chi connectivity index (χ4v) is 1.88.